The number of nitrogens with one attached hydrogen (secondary N) is 1. The molecule has 0 bridgehead atoms. The van der Waals surface area contributed by atoms with E-state index >= 15 is 0 Å². The second-order valence-corrected chi connectivity index (χ2v) is 5.65. The molecule has 0 aliphatic heterocycles. The van der Waals surface area contributed by atoms with Gasteiger partial charge in [-0.15, -0.1) is 0 Å². The van der Waals surface area contributed by atoms with Crippen molar-refractivity contribution in [2.45, 2.75) is 18.9 Å². The zero-order valence-electron chi connectivity index (χ0n) is 11.9. The third-order valence-electron chi connectivity index (χ3n) is 3.55. The van der Waals surface area contributed by atoms with Crippen LogP contribution in [0.1, 0.15) is 18.9 Å². The summed E-state index contributed by atoms with van der Waals surface area (Å²) in [6.45, 7) is 2.63. The number of aliphatic hydroxyl groups is 1. The van der Waals surface area contributed by atoms with E-state index in [1.807, 2.05) is 62.5 Å². The Morgan fingerprint density at radius 1 is 1.00 bits per heavy atom. The van der Waals surface area contributed by atoms with Gasteiger partial charge in [0.15, 0.2) is 0 Å². The van der Waals surface area contributed by atoms with Crippen LogP contribution in [-0.4, -0.2) is 18.7 Å². The molecule has 0 aliphatic carbocycles. The molecule has 20 heavy (non-hydrogen) atoms. The highest BCUT2D eigenvalue weighted by Gasteiger charge is 2.21. The van der Waals surface area contributed by atoms with Gasteiger partial charge in [0.25, 0.3) is 0 Å². The zero-order valence-corrected chi connectivity index (χ0v) is 12.6. The van der Waals surface area contributed by atoms with Gasteiger partial charge in [0.1, 0.15) is 0 Å². The molecule has 0 saturated carbocycles. The first-order valence-corrected chi connectivity index (χ1v) is 7.14. The second kappa shape index (κ2) is 6.40. The quantitative estimate of drug-likeness (QED) is 0.877. The second-order valence-electron chi connectivity index (χ2n) is 5.21. The fraction of sp³-hybridized carbons (Fsp3) is 0.294. The maximum Gasteiger partial charge on any atom is 0.0880 e. The monoisotopic (exact) mass is 289 g/mol. The van der Waals surface area contributed by atoms with E-state index in [0.717, 1.165) is 28.3 Å². The van der Waals surface area contributed by atoms with Gasteiger partial charge in [-0.3, -0.25) is 0 Å². The van der Waals surface area contributed by atoms with Crippen LogP contribution in [0.5, 0.6) is 0 Å². The largest absolute Gasteiger partial charge is 0.385 e. The Morgan fingerprint density at radius 2 is 1.50 bits per heavy atom. The van der Waals surface area contributed by atoms with Crippen molar-refractivity contribution >= 4 is 11.6 Å². The third kappa shape index (κ3) is 3.60. The fourth-order valence-electron chi connectivity index (χ4n) is 2.18. The van der Waals surface area contributed by atoms with E-state index in [4.69, 9.17) is 11.6 Å². The molecule has 0 saturated heterocycles. The van der Waals surface area contributed by atoms with Crippen LogP contribution in [-0.2, 0) is 5.60 Å². The lowest BCUT2D eigenvalue weighted by molar-refractivity contribution is 0.0485. The average molecular weight is 290 g/mol. The van der Waals surface area contributed by atoms with Crippen molar-refractivity contribution in [3.63, 3.8) is 0 Å². The molecular formula is C17H20ClNO. The summed E-state index contributed by atoms with van der Waals surface area (Å²) < 4.78 is 0. The minimum atomic E-state index is -0.804. The molecule has 0 fully saturated rings. The van der Waals surface area contributed by atoms with Crippen LogP contribution in [0, 0.1) is 0 Å². The molecule has 1 unspecified atom stereocenters. The molecule has 0 aliphatic rings. The van der Waals surface area contributed by atoms with E-state index < -0.39 is 5.60 Å². The number of halogens is 1. The molecule has 2 aromatic carbocycles. The predicted octanol–water partition coefficient (Wildman–Crippen LogP) is 3.82. The van der Waals surface area contributed by atoms with Gasteiger partial charge < -0.3 is 10.4 Å². The summed E-state index contributed by atoms with van der Waals surface area (Å²) in [7, 11) is 1.89. The predicted molar refractivity (Wildman–Crippen MR) is 85.0 cm³/mol. The Morgan fingerprint density at radius 3 is 2.00 bits per heavy atom. The summed E-state index contributed by atoms with van der Waals surface area (Å²) in [6.07, 6.45) is 0.684. The van der Waals surface area contributed by atoms with E-state index in [0.29, 0.717) is 6.42 Å². The van der Waals surface area contributed by atoms with Gasteiger partial charge in [-0.05, 0) is 55.8 Å². The van der Waals surface area contributed by atoms with E-state index in [-0.39, 0.29) is 0 Å². The van der Waals surface area contributed by atoms with E-state index in [9.17, 15) is 5.11 Å². The van der Waals surface area contributed by atoms with Gasteiger partial charge in [-0.2, -0.15) is 0 Å². The van der Waals surface area contributed by atoms with Crippen molar-refractivity contribution in [1.29, 1.82) is 0 Å². The molecule has 106 valence electrons. The van der Waals surface area contributed by atoms with Gasteiger partial charge in [-0.1, -0.05) is 48.0 Å². The van der Waals surface area contributed by atoms with Crippen LogP contribution in [0.15, 0.2) is 48.5 Å². The molecule has 2 N–H and O–H groups in total. The Hall–Kier alpha value is -1.35. The molecule has 2 nitrogen and oxygen atoms in total. The highest BCUT2D eigenvalue weighted by atomic mass is 35.5. The first-order valence-electron chi connectivity index (χ1n) is 6.76. The first kappa shape index (κ1) is 15.0. The van der Waals surface area contributed by atoms with Crippen molar-refractivity contribution < 1.29 is 5.11 Å². The lowest BCUT2D eigenvalue weighted by atomic mass is 9.91. The van der Waals surface area contributed by atoms with Gasteiger partial charge in [0.05, 0.1) is 5.60 Å². The number of rotatable bonds is 5. The van der Waals surface area contributed by atoms with Crippen LogP contribution in [0.2, 0.25) is 5.02 Å². The van der Waals surface area contributed by atoms with Crippen LogP contribution in [0.25, 0.3) is 11.1 Å². The lowest BCUT2D eigenvalue weighted by Crippen LogP contribution is -2.26. The van der Waals surface area contributed by atoms with Gasteiger partial charge in [-0.25, -0.2) is 0 Å². The molecule has 3 heteroatoms. The maximum absolute atomic E-state index is 10.5. The topological polar surface area (TPSA) is 32.3 Å². The number of benzene rings is 2. The SMILES string of the molecule is CNCCC(C)(O)c1ccc(-c2ccc(Cl)cc2)cc1. The molecule has 2 aromatic rings. The van der Waals surface area contributed by atoms with E-state index in [2.05, 4.69) is 5.32 Å². The molecular weight excluding hydrogens is 270 g/mol. The van der Waals surface area contributed by atoms with Crippen molar-refractivity contribution in [2.75, 3.05) is 13.6 Å². The lowest BCUT2D eigenvalue weighted by Gasteiger charge is -2.24. The minimum Gasteiger partial charge on any atom is -0.385 e. The standard InChI is InChI=1S/C17H20ClNO/c1-17(20,11-12-19-2)15-7-3-13(4-8-15)14-5-9-16(18)10-6-14/h3-10,19-20H,11-12H2,1-2H3. The van der Waals surface area contributed by atoms with Gasteiger partial charge >= 0.3 is 0 Å². The third-order valence-corrected chi connectivity index (χ3v) is 3.80. The van der Waals surface area contributed by atoms with E-state index in [1.165, 1.54) is 0 Å². The summed E-state index contributed by atoms with van der Waals surface area (Å²) in [5.74, 6) is 0. The fourth-order valence-corrected chi connectivity index (χ4v) is 2.30. The van der Waals surface area contributed by atoms with Crippen LogP contribution in [0.4, 0.5) is 0 Å². The van der Waals surface area contributed by atoms with Gasteiger partial charge in [0, 0.05) is 5.02 Å². The molecule has 0 spiro atoms. The Labute approximate surface area is 125 Å². The van der Waals surface area contributed by atoms with Crippen LogP contribution < -0.4 is 5.32 Å². The average Bonchev–Trinajstić information content (AvgIpc) is 2.46. The highest BCUT2D eigenvalue weighted by Crippen LogP contribution is 2.27. The minimum absolute atomic E-state index is 0.684. The summed E-state index contributed by atoms with van der Waals surface area (Å²) >= 11 is 5.89. The van der Waals surface area contributed by atoms with E-state index in [1.54, 1.807) is 0 Å². The normalized spacial score (nSPS) is 14.0. The Balaban J connectivity index is 2.19. The summed E-state index contributed by atoms with van der Waals surface area (Å²) in [5.41, 5.74) is 2.37. The van der Waals surface area contributed by atoms with Crippen LogP contribution >= 0.6 is 11.6 Å². The summed E-state index contributed by atoms with van der Waals surface area (Å²) in [4.78, 5) is 0. The Kier molecular flexibility index (Phi) is 4.81. The number of hydrogen-bond acceptors (Lipinski definition) is 2. The Bertz CT molecular complexity index is 546. The molecule has 2 rings (SSSR count). The molecule has 0 heterocycles. The molecule has 0 amide bonds. The van der Waals surface area contributed by atoms with Gasteiger partial charge in [0.2, 0.25) is 0 Å². The molecule has 0 aromatic heterocycles. The maximum atomic E-state index is 10.5. The van der Waals surface area contributed by atoms with Crippen molar-refractivity contribution in [3.8, 4) is 11.1 Å². The highest BCUT2D eigenvalue weighted by molar-refractivity contribution is 6.30. The zero-order chi connectivity index (χ0) is 14.6. The molecule has 1 atom stereocenters. The summed E-state index contributed by atoms with van der Waals surface area (Å²) in [5, 5.41) is 14.3. The molecule has 0 radical (unpaired) electrons. The van der Waals surface area contributed by atoms with Crippen molar-refractivity contribution in [2.24, 2.45) is 0 Å². The van der Waals surface area contributed by atoms with Crippen molar-refractivity contribution in [3.05, 3.63) is 59.1 Å². The summed E-state index contributed by atoms with van der Waals surface area (Å²) in [6, 6.07) is 15.8. The smallest absolute Gasteiger partial charge is 0.0880 e. The number of hydrogen-bond donors (Lipinski definition) is 2. The van der Waals surface area contributed by atoms with Crippen LogP contribution in [0.3, 0.4) is 0 Å². The first-order chi connectivity index (χ1) is 9.53. The van der Waals surface area contributed by atoms with Crippen molar-refractivity contribution in [1.82, 2.24) is 5.32 Å².